The van der Waals surface area contributed by atoms with Crippen LogP contribution in [0.25, 0.3) is 0 Å². The van der Waals surface area contributed by atoms with Crippen molar-refractivity contribution in [3.8, 4) is 11.5 Å². The van der Waals surface area contributed by atoms with E-state index in [2.05, 4.69) is 5.32 Å². The monoisotopic (exact) mass is 658 g/mol. The Hall–Kier alpha value is -3.84. The molecule has 3 amide bonds. The maximum Gasteiger partial charge on any atom is 0.235 e. The molecule has 1 fully saturated rings. The lowest BCUT2D eigenvalue weighted by molar-refractivity contribution is -0.140. The minimum atomic E-state index is -1.17. The largest absolute Gasteiger partial charge is 0.457 e. The van der Waals surface area contributed by atoms with Gasteiger partial charge in [-0.15, -0.1) is 23.2 Å². The SMILES string of the molecule is O=C(CCCCCN1C(=O)[C@@H]2[C@@H](C1=O)C1(Cl)c3ccccc3C2(Cl)c2ccccc21)Nc1ccc(Oc2ccc(Cl)cc2)cc1. The van der Waals surface area contributed by atoms with E-state index in [1.165, 1.54) is 4.90 Å². The smallest absolute Gasteiger partial charge is 0.235 e. The standard InChI is InChI=1S/C36H29Cl3N2O4/c37-22-13-17-24(18-14-22)45-25-19-15-23(16-20-25)40-30(42)12-2-1-7-21-41-33(43)31-32(34(41)44)36(39)27-9-4-3-8-26(27)35(31,38)28-10-5-6-11-29(28)36/h3-6,8-11,13-20,31-32H,1-2,7,12,21H2,(H,40,42)/t31-,32-,35?,36?/m0/s1. The van der Waals surface area contributed by atoms with Crippen molar-refractivity contribution in [3.05, 3.63) is 124 Å². The molecular weight excluding hydrogens is 631 g/mol. The van der Waals surface area contributed by atoms with E-state index in [1.54, 1.807) is 48.5 Å². The van der Waals surface area contributed by atoms with Gasteiger partial charge in [0.05, 0.1) is 11.8 Å². The van der Waals surface area contributed by atoms with E-state index in [0.29, 0.717) is 47.9 Å². The first-order valence-electron chi connectivity index (χ1n) is 15.0. The van der Waals surface area contributed by atoms with Crippen LogP contribution in [0.5, 0.6) is 11.5 Å². The van der Waals surface area contributed by atoms with Crippen molar-refractivity contribution in [2.75, 3.05) is 11.9 Å². The average molecular weight is 660 g/mol. The topological polar surface area (TPSA) is 75.7 Å². The average Bonchev–Trinajstić information content (AvgIpc) is 3.31. The quantitative estimate of drug-likeness (QED) is 0.112. The molecule has 1 heterocycles. The Morgan fingerprint density at radius 2 is 1.16 bits per heavy atom. The van der Waals surface area contributed by atoms with Crippen molar-refractivity contribution in [2.24, 2.45) is 11.8 Å². The van der Waals surface area contributed by atoms with Gasteiger partial charge >= 0.3 is 0 Å². The van der Waals surface area contributed by atoms with Crippen molar-refractivity contribution in [2.45, 2.75) is 35.4 Å². The van der Waals surface area contributed by atoms with Gasteiger partial charge in [0.15, 0.2) is 0 Å². The van der Waals surface area contributed by atoms with Crippen LogP contribution in [0.15, 0.2) is 97.1 Å². The first-order valence-corrected chi connectivity index (χ1v) is 16.1. The lowest BCUT2D eigenvalue weighted by Gasteiger charge is -2.54. The molecule has 6 nitrogen and oxygen atoms in total. The van der Waals surface area contributed by atoms with E-state index >= 15 is 0 Å². The van der Waals surface area contributed by atoms with Gasteiger partial charge in [-0.2, -0.15) is 0 Å². The highest BCUT2D eigenvalue weighted by molar-refractivity contribution is 6.36. The second-order valence-corrected chi connectivity index (χ2v) is 13.4. The third-order valence-corrected chi connectivity index (χ3v) is 10.7. The Morgan fingerprint density at radius 1 is 0.689 bits per heavy atom. The van der Waals surface area contributed by atoms with Gasteiger partial charge in [-0.1, -0.05) is 66.6 Å². The molecule has 0 unspecified atom stereocenters. The molecule has 1 aliphatic heterocycles. The predicted octanol–water partition coefficient (Wildman–Crippen LogP) is 8.22. The zero-order valence-corrected chi connectivity index (χ0v) is 26.4. The van der Waals surface area contributed by atoms with Crippen molar-refractivity contribution < 1.29 is 19.1 Å². The van der Waals surface area contributed by atoms with Crippen LogP contribution in [0.3, 0.4) is 0 Å². The Kier molecular flexibility index (Phi) is 7.63. The summed E-state index contributed by atoms with van der Waals surface area (Å²) >= 11 is 20.9. The molecule has 3 aliphatic carbocycles. The first-order chi connectivity index (χ1) is 21.7. The van der Waals surface area contributed by atoms with Crippen molar-refractivity contribution >= 4 is 58.2 Å². The zero-order chi connectivity index (χ0) is 31.3. The van der Waals surface area contributed by atoms with E-state index in [0.717, 1.165) is 22.3 Å². The van der Waals surface area contributed by atoms with Crippen LogP contribution >= 0.6 is 34.8 Å². The van der Waals surface area contributed by atoms with Gasteiger partial charge in [0.2, 0.25) is 17.7 Å². The highest BCUT2D eigenvalue weighted by Gasteiger charge is 2.72. The Morgan fingerprint density at radius 3 is 1.64 bits per heavy atom. The zero-order valence-electron chi connectivity index (χ0n) is 24.1. The summed E-state index contributed by atoms with van der Waals surface area (Å²) in [6.07, 6.45) is 2.18. The van der Waals surface area contributed by atoms with E-state index in [1.807, 2.05) is 48.5 Å². The number of nitrogens with one attached hydrogen (secondary N) is 1. The fraction of sp³-hybridized carbons (Fsp3) is 0.250. The molecule has 0 saturated carbocycles. The number of unbranched alkanes of at least 4 members (excludes halogenated alkanes) is 2. The number of alkyl halides is 2. The normalized spacial score (nSPS) is 24.2. The van der Waals surface area contributed by atoms with Crippen LogP contribution < -0.4 is 10.1 Å². The van der Waals surface area contributed by atoms with E-state index < -0.39 is 21.6 Å². The summed E-state index contributed by atoms with van der Waals surface area (Å²) < 4.78 is 5.79. The van der Waals surface area contributed by atoms with Gasteiger partial charge in [-0.3, -0.25) is 19.3 Å². The number of imide groups is 1. The van der Waals surface area contributed by atoms with Gasteiger partial charge in [0, 0.05) is 23.7 Å². The molecule has 8 rings (SSSR count). The number of hydrogen-bond donors (Lipinski definition) is 1. The maximum absolute atomic E-state index is 13.9. The van der Waals surface area contributed by atoms with Gasteiger partial charge in [-0.25, -0.2) is 0 Å². The fourth-order valence-electron chi connectivity index (χ4n) is 7.15. The van der Waals surface area contributed by atoms with Crippen LogP contribution in [0.4, 0.5) is 5.69 Å². The molecule has 4 aromatic rings. The van der Waals surface area contributed by atoms with E-state index in [-0.39, 0.29) is 24.3 Å². The minimum Gasteiger partial charge on any atom is -0.457 e. The number of nitrogens with zero attached hydrogens (tertiary/aromatic N) is 1. The summed E-state index contributed by atoms with van der Waals surface area (Å²) in [6.45, 7) is 0.258. The third-order valence-electron chi connectivity index (χ3n) is 9.15. The number of carbonyl (C=O) groups is 3. The highest BCUT2D eigenvalue weighted by Crippen LogP contribution is 2.69. The molecule has 2 bridgehead atoms. The highest BCUT2D eigenvalue weighted by atomic mass is 35.5. The molecule has 9 heteroatoms. The molecule has 2 atom stereocenters. The Balaban J connectivity index is 0.952. The summed E-state index contributed by atoms with van der Waals surface area (Å²) in [7, 11) is 0. The van der Waals surface area contributed by atoms with E-state index in [9.17, 15) is 14.4 Å². The number of likely N-dealkylation sites (tertiary alicyclic amines) is 1. The van der Waals surface area contributed by atoms with Gasteiger partial charge in [0.25, 0.3) is 0 Å². The number of hydrogen-bond acceptors (Lipinski definition) is 4. The third kappa shape index (κ3) is 4.82. The van der Waals surface area contributed by atoms with E-state index in [4.69, 9.17) is 39.5 Å². The summed E-state index contributed by atoms with van der Waals surface area (Å²) in [5.41, 5.74) is 3.83. The van der Waals surface area contributed by atoms with Crippen molar-refractivity contribution in [1.29, 1.82) is 0 Å². The molecule has 45 heavy (non-hydrogen) atoms. The van der Waals surface area contributed by atoms with Gasteiger partial charge in [0.1, 0.15) is 21.2 Å². The summed E-state index contributed by atoms with van der Waals surface area (Å²) in [6, 6.07) is 29.4. The Labute approximate surface area is 276 Å². The minimum absolute atomic E-state index is 0.110. The number of anilines is 1. The molecule has 228 valence electrons. The first kappa shape index (κ1) is 29.8. The number of halogens is 3. The van der Waals surface area contributed by atoms with Crippen LogP contribution in [-0.4, -0.2) is 29.2 Å². The molecule has 0 aromatic heterocycles. The molecule has 0 spiro atoms. The molecule has 1 saturated heterocycles. The molecule has 0 radical (unpaired) electrons. The van der Waals surface area contributed by atoms with Crippen LogP contribution in [0, 0.1) is 11.8 Å². The number of amides is 3. The lowest BCUT2D eigenvalue weighted by atomic mass is 9.54. The molecule has 1 N–H and O–H groups in total. The second-order valence-electron chi connectivity index (χ2n) is 11.7. The van der Waals surface area contributed by atoms with Gasteiger partial charge in [-0.05, 0) is 83.6 Å². The summed E-state index contributed by atoms with van der Waals surface area (Å²) in [5.74, 6) is -0.946. The lowest BCUT2D eigenvalue weighted by Crippen LogP contribution is -2.57. The number of carbonyl (C=O) groups excluding carboxylic acids is 3. The molecular formula is C36H29Cl3N2O4. The van der Waals surface area contributed by atoms with Crippen molar-refractivity contribution in [3.63, 3.8) is 0 Å². The predicted molar refractivity (Wildman–Crippen MR) is 175 cm³/mol. The molecule has 4 aliphatic rings. The summed E-state index contributed by atoms with van der Waals surface area (Å²) in [5, 5.41) is 3.54. The van der Waals surface area contributed by atoms with Crippen LogP contribution in [-0.2, 0) is 24.1 Å². The van der Waals surface area contributed by atoms with Crippen LogP contribution in [0.2, 0.25) is 5.02 Å². The maximum atomic E-state index is 13.9. The van der Waals surface area contributed by atoms with Crippen molar-refractivity contribution in [1.82, 2.24) is 4.90 Å². The number of ether oxygens (including phenoxy) is 1. The summed E-state index contributed by atoms with van der Waals surface area (Å²) in [4.78, 5) is 39.4. The van der Waals surface area contributed by atoms with Crippen LogP contribution in [0.1, 0.15) is 47.9 Å². The second kappa shape index (κ2) is 11.5. The number of rotatable bonds is 9. The number of benzene rings is 4. The molecule has 4 aromatic carbocycles. The van der Waals surface area contributed by atoms with Gasteiger partial charge < -0.3 is 10.1 Å². The fourth-order valence-corrected chi connectivity index (χ4v) is 8.37. The Bertz CT molecular complexity index is 1690.